The molecular weight excluding hydrogens is 367 g/mol. The van der Waals surface area contributed by atoms with Gasteiger partial charge in [-0.15, -0.1) is 13.2 Å². The van der Waals surface area contributed by atoms with E-state index in [0.29, 0.717) is 6.20 Å². The van der Waals surface area contributed by atoms with E-state index in [4.69, 9.17) is 0 Å². The number of aryl methyl sites for hydroxylation is 1. The summed E-state index contributed by atoms with van der Waals surface area (Å²) in [4.78, 5) is 3.24. The topological polar surface area (TPSA) is 22.1 Å². The zero-order chi connectivity index (χ0) is 13.4. The van der Waals surface area contributed by atoms with Crippen molar-refractivity contribution in [2.24, 2.45) is 0 Å². The number of alkyl halides is 6. The third kappa shape index (κ3) is 3.61. The number of pyridine rings is 1. The maximum absolute atomic E-state index is 12.5. The third-order valence-electron chi connectivity index (χ3n) is 1.68. The van der Waals surface area contributed by atoms with Crippen molar-refractivity contribution in [1.29, 1.82) is 0 Å². The van der Waals surface area contributed by atoms with Crippen molar-refractivity contribution >= 4 is 22.6 Å². The lowest BCUT2D eigenvalue weighted by Crippen LogP contribution is -2.20. The molecule has 17 heavy (non-hydrogen) atoms. The van der Waals surface area contributed by atoms with Crippen molar-refractivity contribution in [3.63, 3.8) is 0 Å². The Bertz CT molecular complexity index is 427. The molecule has 0 aliphatic heterocycles. The average Bonchev–Trinajstić information content (AvgIpc) is 2.06. The number of hydrogen-bond donors (Lipinski definition) is 0. The molecule has 1 rings (SSSR count). The molecule has 0 aliphatic carbocycles. The molecule has 0 spiro atoms. The van der Waals surface area contributed by atoms with Crippen LogP contribution in [0.2, 0.25) is 0 Å². The SMILES string of the molecule is Cc1ncc(OC(F)(F)F)c(I)c1C(F)(F)F. The van der Waals surface area contributed by atoms with Crippen LogP contribution in [0.25, 0.3) is 0 Å². The number of aromatic nitrogens is 1. The van der Waals surface area contributed by atoms with Crippen LogP contribution in [-0.4, -0.2) is 11.3 Å². The normalized spacial score (nSPS) is 12.7. The Kier molecular flexibility index (Phi) is 3.79. The van der Waals surface area contributed by atoms with Gasteiger partial charge in [0.05, 0.1) is 21.0 Å². The first-order chi connectivity index (χ1) is 7.52. The summed E-state index contributed by atoms with van der Waals surface area (Å²) >= 11 is 1.15. The molecule has 0 amide bonds. The standard InChI is InChI=1S/C8H4F6INO/c1-3-5(7(9,10)11)6(15)4(2-16-3)17-8(12,13)14/h2H,1H3. The van der Waals surface area contributed by atoms with E-state index in [2.05, 4.69) is 9.72 Å². The Morgan fingerprint density at radius 1 is 1.18 bits per heavy atom. The molecule has 0 N–H and O–H groups in total. The van der Waals surface area contributed by atoms with Crippen molar-refractivity contribution in [3.05, 3.63) is 21.0 Å². The molecule has 1 aromatic rings. The minimum Gasteiger partial charge on any atom is -0.403 e. The van der Waals surface area contributed by atoms with Crippen molar-refractivity contribution < 1.29 is 31.1 Å². The van der Waals surface area contributed by atoms with Crippen LogP contribution in [0.3, 0.4) is 0 Å². The molecule has 0 saturated heterocycles. The summed E-state index contributed by atoms with van der Waals surface area (Å²) in [6.07, 6.45) is -9.22. The summed E-state index contributed by atoms with van der Waals surface area (Å²) < 4.78 is 76.2. The maximum Gasteiger partial charge on any atom is 0.573 e. The minimum atomic E-state index is -5.06. The van der Waals surface area contributed by atoms with Gasteiger partial charge in [-0.25, -0.2) is 0 Å². The monoisotopic (exact) mass is 371 g/mol. The van der Waals surface area contributed by atoms with E-state index >= 15 is 0 Å². The summed E-state index contributed by atoms with van der Waals surface area (Å²) in [5.74, 6) is -0.962. The quantitative estimate of drug-likeness (QED) is 0.552. The van der Waals surface area contributed by atoms with Crippen molar-refractivity contribution in [2.45, 2.75) is 19.5 Å². The Morgan fingerprint density at radius 3 is 2.12 bits per heavy atom. The predicted molar refractivity (Wildman–Crippen MR) is 53.4 cm³/mol. The Balaban J connectivity index is 3.30. The van der Waals surface area contributed by atoms with Gasteiger partial charge in [0, 0.05) is 0 Å². The van der Waals surface area contributed by atoms with E-state index in [-0.39, 0.29) is 0 Å². The third-order valence-corrected chi connectivity index (χ3v) is 2.75. The van der Waals surface area contributed by atoms with Crippen molar-refractivity contribution in [1.82, 2.24) is 4.98 Å². The van der Waals surface area contributed by atoms with Crippen LogP contribution in [0, 0.1) is 10.5 Å². The van der Waals surface area contributed by atoms with Gasteiger partial charge >= 0.3 is 12.5 Å². The molecule has 9 heteroatoms. The molecule has 1 aromatic heterocycles. The van der Waals surface area contributed by atoms with Gasteiger partial charge in [0.1, 0.15) is 0 Å². The number of hydrogen-bond acceptors (Lipinski definition) is 2. The summed E-state index contributed by atoms with van der Waals surface area (Å²) in [7, 11) is 0. The first-order valence-electron chi connectivity index (χ1n) is 4.00. The Morgan fingerprint density at radius 2 is 1.71 bits per heavy atom. The van der Waals surface area contributed by atoms with Gasteiger partial charge in [-0.1, -0.05) is 0 Å². The molecule has 0 radical (unpaired) electrons. The van der Waals surface area contributed by atoms with E-state index in [9.17, 15) is 26.3 Å². The Hall–Kier alpha value is -0.740. The zero-order valence-electron chi connectivity index (χ0n) is 8.08. The minimum absolute atomic E-state index is 0.406. The molecule has 0 atom stereocenters. The van der Waals surface area contributed by atoms with Gasteiger partial charge in [0.15, 0.2) is 5.75 Å². The van der Waals surface area contributed by atoms with Gasteiger partial charge in [0.2, 0.25) is 0 Å². The van der Waals surface area contributed by atoms with Gasteiger partial charge in [-0.3, -0.25) is 4.98 Å². The van der Waals surface area contributed by atoms with E-state index < -0.39 is 33.1 Å². The van der Waals surface area contributed by atoms with Crippen molar-refractivity contribution in [3.8, 4) is 5.75 Å². The van der Waals surface area contributed by atoms with E-state index in [1.807, 2.05) is 0 Å². The molecular formula is C8H4F6INO. The van der Waals surface area contributed by atoms with Gasteiger partial charge in [-0.2, -0.15) is 13.2 Å². The molecule has 0 saturated carbocycles. The van der Waals surface area contributed by atoms with Crippen LogP contribution in [0.4, 0.5) is 26.3 Å². The second-order valence-corrected chi connectivity index (χ2v) is 4.02. The second kappa shape index (κ2) is 4.50. The summed E-state index contributed by atoms with van der Waals surface area (Å²) in [5.41, 5.74) is -1.63. The molecule has 96 valence electrons. The van der Waals surface area contributed by atoms with Gasteiger partial charge < -0.3 is 4.74 Å². The summed E-state index contributed by atoms with van der Waals surface area (Å²) in [5, 5.41) is 0. The number of halogens is 7. The smallest absolute Gasteiger partial charge is 0.403 e. The highest BCUT2D eigenvalue weighted by Gasteiger charge is 2.39. The van der Waals surface area contributed by atoms with Crippen molar-refractivity contribution in [2.75, 3.05) is 0 Å². The molecule has 0 aromatic carbocycles. The highest BCUT2D eigenvalue weighted by atomic mass is 127. The number of nitrogens with zero attached hydrogens (tertiary/aromatic N) is 1. The first kappa shape index (κ1) is 14.3. The predicted octanol–water partition coefficient (Wildman–Crippen LogP) is 3.91. The lowest BCUT2D eigenvalue weighted by atomic mass is 10.2. The fourth-order valence-electron chi connectivity index (χ4n) is 1.08. The van der Waals surface area contributed by atoms with Crippen LogP contribution in [0.5, 0.6) is 5.75 Å². The van der Waals surface area contributed by atoms with Gasteiger partial charge in [-0.05, 0) is 29.5 Å². The summed E-state index contributed by atoms with van der Waals surface area (Å²) in [6, 6.07) is 0. The van der Waals surface area contributed by atoms with Crippen LogP contribution < -0.4 is 4.74 Å². The molecule has 0 bridgehead atoms. The van der Waals surface area contributed by atoms with E-state index in [1.165, 1.54) is 0 Å². The first-order valence-corrected chi connectivity index (χ1v) is 5.08. The maximum atomic E-state index is 12.5. The molecule has 0 aliphatic rings. The lowest BCUT2D eigenvalue weighted by Gasteiger charge is -2.16. The average molecular weight is 371 g/mol. The lowest BCUT2D eigenvalue weighted by molar-refractivity contribution is -0.275. The molecule has 0 unspecified atom stereocenters. The Labute approximate surface area is 105 Å². The van der Waals surface area contributed by atoms with E-state index in [1.54, 1.807) is 0 Å². The molecule has 0 fully saturated rings. The zero-order valence-corrected chi connectivity index (χ0v) is 10.2. The highest BCUT2D eigenvalue weighted by Crippen LogP contribution is 2.39. The number of rotatable bonds is 1. The molecule has 1 heterocycles. The van der Waals surface area contributed by atoms with Crippen LogP contribution in [0.15, 0.2) is 6.20 Å². The van der Waals surface area contributed by atoms with Crippen LogP contribution >= 0.6 is 22.6 Å². The molecule has 2 nitrogen and oxygen atoms in total. The van der Waals surface area contributed by atoms with Crippen LogP contribution in [0.1, 0.15) is 11.3 Å². The largest absolute Gasteiger partial charge is 0.573 e. The van der Waals surface area contributed by atoms with Crippen LogP contribution in [-0.2, 0) is 6.18 Å². The fourth-order valence-corrected chi connectivity index (χ4v) is 2.03. The summed E-state index contributed by atoms with van der Waals surface area (Å²) in [6.45, 7) is 1.06. The number of ether oxygens (including phenoxy) is 1. The highest BCUT2D eigenvalue weighted by molar-refractivity contribution is 14.1. The van der Waals surface area contributed by atoms with Gasteiger partial charge in [0.25, 0.3) is 0 Å². The van der Waals surface area contributed by atoms with E-state index in [0.717, 1.165) is 29.5 Å². The second-order valence-electron chi connectivity index (χ2n) is 2.94. The fraction of sp³-hybridized carbons (Fsp3) is 0.375.